The van der Waals surface area contributed by atoms with Gasteiger partial charge in [-0.15, -0.1) is 0 Å². The van der Waals surface area contributed by atoms with Crippen molar-refractivity contribution in [3.8, 4) is 5.75 Å². The maximum absolute atomic E-state index is 11.2. The van der Waals surface area contributed by atoms with Crippen molar-refractivity contribution in [3.05, 3.63) is 33.9 Å². The van der Waals surface area contributed by atoms with Crippen LogP contribution in [0.5, 0.6) is 5.75 Å². The van der Waals surface area contributed by atoms with Crippen LogP contribution in [0.2, 0.25) is 0 Å². The minimum atomic E-state index is -0.372. The average molecular weight is 293 g/mol. The Morgan fingerprint density at radius 2 is 2.14 bits per heavy atom. The van der Waals surface area contributed by atoms with E-state index >= 15 is 0 Å². The molecular weight excluding hydrogens is 270 g/mol. The van der Waals surface area contributed by atoms with Crippen molar-refractivity contribution in [3.63, 3.8) is 0 Å². The summed E-state index contributed by atoms with van der Waals surface area (Å²) in [5.74, 6) is 0.319. The summed E-state index contributed by atoms with van der Waals surface area (Å²) in [4.78, 5) is 13.2. The van der Waals surface area contributed by atoms with Crippen LogP contribution in [0, 0.1) is 10.1 Å². The zero-order valence-electron chi connectivity index (χ0n) is 12.7. The van der Waals surface area contributed by atoms with Crippen molar-refractivity contribution in [2.24, 2.45) is 0 Å². The second-order valence-corrected chi connectivity index (χ2v) is 5.28. The summed E-state index contributed by atoms with van der Waals surface area (Å²) in [7, 11) is 1.46. The van der Waals surface area contributed by atoms with Crippen LogP contribution in [0.15, 0.2) is 18.2 Å². The Bertz CT molecular complexity index is 487. The van der Waals surface area contributed by atoms with E-state index in [1.807, 2.05) is 6.07 Å². The van der Waals surface area contributed by atoms with Crippen molar-refractivity contribution in [1.82, 2.24) is 10.2 Å². The van der Waals surface area contributed by atoms with E-state index in [9.17, 15) is 10.1 Å². The standard InChI is InChI=1S/C15H23N3O3/c1-3-4-13(17-9-7-16-8-10-17)12-5-6-15(21-2)14(11-12)18(19)20/h5-6,11,13,16H,3-4,7-10H2,1-2H3/t13-/m1/s1. The van der Waals surface area contributed by atoms with Gasteiger partial charge >= 0.3 is 5.69 Å². The van der Waals surface area contributed by atoms with Gasteiger partial charge in [-0.05, 0) is 18.1 Å². The van der Waals surface area contributed by atoms with E-state index in [-0.39, 0.29) is 16.7 Å². The number of hydrogen-bond acceptors (Lipinski definition) is 5. The lowest BCUT2D eigenvalue weighted by Crippen LogP contribution is -2.45. The largest absolute Gasteiger partial charge is 0.490 e. The van der Waals surface area contributed by atoms with Crippen LogP contribution in [0.1, 0.15) is 31.4 Å². The molecule has 0 amide bonds. The fourth-order valence-electron chi connectivity index (χ4n) is 2.88. The monoisotopic (exact) mass is 293 g/mol. The molecule has 0 aliphatic carbocycles. The first-order valence-corrected chi connectivity index (χ1v) is 7.44. The third-order valence-corrected chi connectivity index (χ3v) is 3.94. The lowest BCUT2D eigenvalue weighted by atomic mass is 9.99. The Morgan fingerprint density at radius 3 is 2.71 bits per heavy atom. The van der Waals surface area contributed by atoms with E-state index < -0.39 is 0 Å². The summed E-state index contributed by atoms with van der Waals surface area (Å²) in [6.45, 7) is 6.04. The summed E-state index contributed by atoms with van der Waals surface area (Å²) < 4.78 is 5.08. The smallest absolute Gasteiger partial charge is 0.311 e. The van der Waals surface area contributed by atoms with Crippen LogP contribution in [0.4, 0.5) is 5.69 Å². The fraction of sp³-hybridized carbons (Fsp3) is 0.600. The normalized spacial score (nSPS) is 17.4. The highest BCUT2D eigenvalue weighted by Crippen LogP contribution is 2.33. The first kappa shape index (κ1) is 15.7. The van der Waals surface area contributed by atoms with Crippen molar-refractivity contribution in [2.75, 3.05) is 33.3 Å². The molecule has 6 heteroatoms. The molecule has 0 radical (unpaired) electrons. The second kappa shape index (κ2) is 7.38. The zero-order chi connectivity index (χ0) is 15.2. The van der Waals surface area contributed by atoms with Crippen LogP contribution in [0.25, 0.3) is 0 Å². The van der Waals surface area contributed by atoms with Crippen LogP contribution in [-0.2, 0) is 0 Å². The predicted molar refractivity (Wildman–Crippen MR) is 81.7 cm³/mol. The number of methoxy groups -OCH3 is 1. The van der Waals surface area contributed by atoms with Crippen molar-refractivity contribution < 1.29 is 9.66 Å². The quantitative estimate of drug-likeness (QED) is 0.644. The van der Waals surface area contributed by atoms with Gasteiger partial charge in [0.15, 0.2) is 5.75 Å². The summed E-state index contributed by atoms with van der Waals surface area (Å²) in [5.41, 5.74) is 1.05. The molecule has 2 rings (SSSR count). The summed E-state index contributed by atoms with van der Waals surface area (Å²) in [5, 5.41) is 14.5. The molecule has 1 aliphatic heterocycles. The van der Waals surface area contributed by atoms with Crippen molar-refractivity contribution >= 4 is 5.69 Å². The highest BCUT2D eigenvalue weighted by molar-refractivity contribution is 5.49. The molecule has 0 saturated carbocycles. The number of nitro groups is 1. The van der Waals surface area contributed by atoms with Crippen molar-refractivity contribution in [2.45, 2.75) is 25.8 Å². The van der Waals surface area contributed by atoms with Gasteiger partial charge in [0, 0.05) is 38.3 Å². The molecule has 1 aromatic rings. The second-order valence-electron chi connectivity index (χ2n) is 5.28. The molecule has 21 heavy (non-hydrogen) atoms. The number of benzene rings is 1. The third kappa shape index (κ3) is 3.71. The topological polar surface area (TPSA) is 67.6 Å². The molecule has 1 fully saturated rings. The van der Waals surface area contributed by atoms with Crippen molar-refractivity contribution in [1.29, 1.82) is 0 Å². The lowest BCUT2D eigenvalue weighted by molar-refractivity contribution is -0.385. The number of hydrogen-bond donors (Lipinski definition) is 1. The average Bonchev–Trinajstić information content (AvgIpc) is 2.52. The Balaban J connectivity index is 2.30. The molecule has 0 unspecified atom stereocenters. The zero-order valence-corrected chi connectivity index (χ0v) is 12.7. The summed E-state index contributed by atoms with van der Waals surface area (Å²) in [6.07, 6.45) is 2.05. The first-order chi connectivity index (χ1) is 10.2. The van der Waals surface area contributed by atoms with Gasteiger partial charge in [-0.1, -0.05) is 19.4 Å². The van der Waals surface area contributed by atoms with E-state index in [0.29, 0.717) is 5.75 Å². The maximum atomic E-state index is 11.2. The minimum absolute atomic E-state index is 0.0474. The molecule has 1 aliphatic rings. The minimum Gasteiger partial charge on any atom is -0.490 e. The van der Waals surface area contributed by atoms with E-state index in [0.717, 1.165) is 44.6 Å². The number of rotatable bonds is 6. The summed E-state index contributed by atoms with van der Waals surface area (Å²) in [6, 6.07) is 5.56. The molecule has 0 bridgehead atoms. The molecule has 0 aromatic heterocycles. The highest BCUT2D eigenvalue weighted by Gasteiger charge is 2.24. The first-order valence-electron chi connectivity index (χ1n) is 7.44. The van der Waals surface area contributed by atoms with Gasteiger partial charge in [-0.25, -0.2) is 0 Å². The Morgan fingerprint density at radius 1 is 1.43 bits per heavy atom. The molecule has 116 valence electrons. The van der Waals surface area contributed by atoms with E-state index in [4.69, 9.17) is 4.74 Å². The number of piperazine rings is 1. The highest BCUT2D eigenvalue weighted by atomic mass is 16.6. The molecule has 6 nitrogen and oxygen atoms in total. The van der Waals surface area contributed by atoms with Gasteiger partial charge in [-0.2, -0.15) is 0 Å². The van der Waals surface area contributed by atoms with Crippen LogP contribution < -0.4 is 10.1 Å². The van der Waals surface area contributed by atoms with Gasteiger partial charge < -0.3 is 10.1 Å². The molecule has 0 spiro atoms. The molecule has 1 saturated heterocycles. The van der Waals surface area contributed by atoms with E-state index in [1.165, 1.54) is 7.11 Å². The molecule has 1 atom stereocenters. The predicted octanol–water partition coefficient (Wildman–Crippen LogP) is 2.35. The SMILES string of the molecule is CCC[C@H](c1ccc(OC)c([N+](=O)[O-])c1)N1CCNCC1. The maximum Gasteiger partial charge on any atom is 0.311 e. The Hall–Kier alpha value is -1.66. The molecular formula is C15H23N3O3. The lowest BCUT2D eigenvalue weighted by Gasteiger charge is -2.35. The molecule has 1 aromatic carbocycles. The number of nitrogens with one attached hydrogen (secondary N) is 1. The van der Waals surface area contributed by atoms with Gasteiger partial charge in [0.25, 0.3) is 0 Å². The molecule has 1 N–H and O–H groups in total. The number of ether oxygens (including phenoxy) is 1. The van der Waals surface area contributed by atoms with Gasteiger partial charge in [-0.3, -0.25) is 15.0 Å². The Kier molecular flexibility index (Phi) is 5.52. The summed E-state index contributed by atoms with van der Waals surface area (Å²) >= 11 is 0. The van der Waals surface area contributed by atoms with Gasteiger partial charge in [0.1, 0.15) is 0 Å². The van der Waals surface area contributed by atoms with Crippen LogP contribution >= 0.6 is 0 Å². The number of nitrogens with zero attached hydrogens (tertiary/aromatic N) is 2. The van der Waals surface area contributed by atoms with Crippen LogP contribution in [0.3, 0.4) is 0 Å². The van der Waals surface area contributed by atoms with E-state index in [2.05, 4.69) is 17.1 Å². The van der Waals surface area contributed by atoms with E-state index in [1.54, 1.807) is 12.1 Å². The van der Waals surface area contributed by atoms with Gasteiger partial charge in [0.05, 0.1) is 12.0 Å². The number of nitro benzene ring substituents is 1. The third-order valence-electron chi connectivity index (χ3n) is 3.94. The van der Waals surface area contributed by atoms with Crippen LogP contribution in [-0.4, -0.2) is 43.1 Å². The molecule has 1 heterocycles. The van der Waals surface area contributed by atoms with Gasteiger partial charge in [0.2, 0.25) is 0 Å². The fourth-order valence-corrected chi connectivity index (χ4v) is 2.88. The Labute approximate surface area is 125 Å².